The van der Waals surface area contributed by atoms with Crippen LogP contribution in [0.25, 0.3) is 0 Å². The Morgan fingerprint density at radius 2 is 1.64 bits per heavy atom. The van der Waals surface area contributed by atoms with Crippen molar-refractivity contribution in [1.82, 2.24) is 20.9 Å². The zero-order chi connectivity index (χ0) is 25.3. The van der Waals surface area contributed by atoms with Crippen LogP contribution in [-0.4, -0.2) is 74.1 Å². The van der Waals surface area contributed by atoms with Crippen molar-refractivity contribution in [3.8, 4) is 0 Å². The molecule has 5 N–H and O–H groups in total. The van der Waals surface area contributed by atoms with E-state index in [1.54, 1.807) is 11.9 Å². The van der Waals surface area contributed by atoms with E-state index in [9.17, 15) is 14.4 Å². The number of carbonyl (C=O) groups excluding carboxylic acids is 4. The number of unbranched alkanes of at least 4 members (excludes halogenated alkanes) is 4. The molecule has 0 aliphatic carbocycles. The fourth-order valence-electron chi connectivity index (χ4n) is 2.99. The summed E-state index contributed by atoms with van der Waals surface area (Å²) >= 11 is 4.01. The molecule has 9 nitrogen and oxygen atoms in total. The fourth-order valence-corrected chi connectivity index (χ4v) is 3.20. The van der Waals surface area contributed by atoms with Crippen molar-refractivity contribution in [2.75, 3.05) is 39.0 Å². The number of nitrogens with two attached hydrogens (primary N) is 1. The molecule has 1 rings (SSSR count). The number of thiol groups is 1. The largest absolute Gasteiger partial charge is 0.362 e. The molecule has 10 heteroatoms. The predicted molar refractivity (Wildman–Crippen MR) is 137 cm³/mol. The maximum absolute atomic E-state index is 12.2. The number of likely N-dealkylation sites (tertiary alicyclic amines) is 1. The summed E-state index contributed by atoms with van der Waals surface area (Å²) in [6.07, 6.45) is 10.5. The first-order valence-corrected chi connectivity index (χ1v) is 12.8. The van der Waals surface area contributed by atoms with Gasteiger partial charge in [0.2, 0.25) is 24.1 Å². The molecule has 194 valence electrons. The van der Waals surface area contributed by atoms with Gasteiger partial charge in [-0.25, -0.2) is 0 Å². The first kappa shape index (κ1) is 33.4. The maximum Gasteiger partial charge on any atom is 0.243 e. The average Bonchev–Trinajstić information content (AvgIpc) is 3.36. The van der Waals surface area contributed by atoms with Crippen LogP contribution in [0, 0.1) is 0 Å². The van der Waals surface area contributed by atoms with Crippen LogP contribution in [0.5, 0.6) is 0 Å². The summed E-state index contributed by atoms with van der Waals surface area (Å²) in [4.78, 5) is 46.7. The third kappa shape index (κ3) is 20.5. The maximum atomic E-state index is 12.2. The van der Waals surface area contributed by atoms with Gasteiger partial charge in [0.1, 0.15) is 6.04 Å². The fraction of sp³-hybridized carbons (Fsp3) is 0.826. The summed E-state index contributed by atoms with van der Waals surface area (Å²) in [6.45, 7) is 6.51. The topological polar surface area (TPSA) is 134 Å². The number of nitrogens with one attached hydrogen (secondary N) is 3. The lowest BCUT2D eigenvalue weighted by atomic mass is 10.1. The van der Waals surface area contributed by atoms with E-state index in [-0.39, 0.29) is 30.7 Å². The third-order valence-electron chi connectivity index (χ3n) is 4.89. The smallest absolute Gasteiger partial charge is 0.243 e. The van der Waals surface area contributed by atoms with E-state index in [4.69, 9.17) is 10.5 Å². The lowest BCUT2D eigenvalue weighted by Gasteiger charge is -2.20. The van der Waals surface area contributed by atoms with Crippen molar-refractivity contribution in [3.05, 3.63) is 0 Å². The molecule has 4 amide bonds. The number of rotatable bonds is 14. The molecule has 1 atom stereocenters. The lowest BCUT2D eigenvalue weighted by Crippen LogP contribution is -2.49. The monoisotopic (exact) mass is 489 g/mol. The summed E-state index contributed by atoms with van der Waals surface area (Å²) in [7, 11) is 1.56. The quantitative estimate of drug-likeness (QED) is 0.144. The Labute approximate surface area is 205 Å². The van der Waals surface area contributed by atoms with Crippen molar-refractivity contribution in [1.29, 1.82) is 0 Å². The van der Waals surface area contributed by atoms with Gasteiger partial charge in [0.05, 0.1) is 6.54 Å². The van der Waals surface area contributed by atoms with Crippen molar-refractivity contribution in [3.63, 3.8) is 0 Å². The van der Waals surface area contributed by atoms with Gasteiger partial charge in [-0.2, -0.15) is 12.6 Å². The van der Waals surface area contributed by atoms with E-state index in [1.165, 1.54) is 25.7 Å². The molecule has 0 saturated carbocycles. The average molecular weight is 490 g/mol. The van der Waals surface area contributed by atoms with Gasteiger partial charge >= 0.3 is 0 Å². The summed E-state index contributed by atoms with van der Waals surface area (Å²) in [5.74, 6) is -0.171. The van der Waals surface area contributed by atoms with Gasteiger partial charge < -0.3 is 26.6 Å². The van der Waals surface area contributed by atoms with Crippen molar-refractivity contribution >= 4 is 36.8 Å². The van der Waals surface area contributed by atoms with Crippen LogP contribution in [0.15, 0.2) is 0 Å². The van der Waals surface area contributed by atoms with E-state index in [0.717, 1.165) is 38.8 Å². The Morgan fingerprint density at radius 1 is 1.06 bits per heavy atom. The van der Waals surface area contributed by atoms with Crippen LogP contribution in [-0.2, 0) is 19.2 Å². The summed E-state index contributed by atoms with van der Waals surface area (Å²) in [5, 5.41) is 7.59. The highest BCUT2D eigenvalue weighted by Gasteiger charge is 2.22. The van der Waals surface area contributed by atoms with Crippen LogP contribution < -0.4 is 21.7 Å². The number of hydrogen-bond acceptors (Lipinski definition) is 6. The van der Waals surface area contributed by atoms with Crippen LogP contribution >= 0.6 is 12.6 Å². The lowest BCUT2D eigenvalue weighted by molar-refractivity contribution is -0.133. The van der Waals surface area contributed by atoms with E-state index in [2.05, 4.69) is 42.4 Å². The number of hydrogen-bond donors (Lipinski definition) is 5. The number of carbonyl (C=O) groups is 4. The van der Waals surface area contributed by atoms with Gasteiger partial charge in [-0.3, -0.25) is 19.2 Å². The molecule has 1 heterocycles. The summed E-state index contributed by atoms with van der Waals surface area (Å²) in [6, 6.07) is -0.625. The highest BCUT2D eigenvalue weighted by molar-refractivity contribution is 7.80. The predicted octanol–water partition coefficient (Wildman–Crippen LogP) is 1.61. The Morgan fingerprint density at radius 3 is 2.09 bits per heavy atom. The molecule has 1 unspecified atom stereocenters. The standard InChI is InChI=1S/C15H28N4O3S.C6H14.C2H5NO/c16-7-2-1-5-12(18-13(20)6-10-23)15(22)17-11-14(21)19-8-3-4-9-19;1-3-5-6-4-2;1-3-2-4/h12,23H,1-11,16H2,(H,17,22)(H,18,20);3-6H2,1-2H3;2H,1H3,(H,3,4). The molecule has 0 spiro atoms. The Bertz CT molecular complexity index is 513. The third-order valence-corrected chi connectivity index (χ3v) is 5.11. The van der Waals surface area contributed by atoms with Gasteiger partial charge in [0, 0.05) is 26.6 Å². The molecule has 0 radical (unpaired) electrons. The molecule has 1 aliphatic rings. The molecule has 33 heavy (non-hydrogen) atoms. The van der Waals surface area contributed by atoms with Crippen LogP contribution in [0.1, 0.15) is 78.1 Å². The van der Waals surface area contributed by atoms with Crippen molar-refractivity contribution in [2.24, 2.45) is 5.73 Å². The minimum atomic E-state index is -0.625. The second-order valence-corrected chi connectivity index (χ2v) is 8.24. The SMILES string of the molecule is CCCCCC.CNC=O.NCCCCC(NC(=O)CCS)C(=O)NCC(=O)N1CCCC1. The molecule has 1 saturated heterocycles. The van der Waals surface area contributed by atoms with Gasteiger partial charge in [-0.05, 0) is 44.4 Å². The van der Waals surface area contributed by atoms with Crippen LogP contribution in [0.3, 0.4) is 0 Å². The minimum Gasteiger partial charge on any atom is -0.362 e. The molecule has 0 aromatic rings. The molecule has 0 bridgehead atoms. The van der Waals surface area contributed by atoms with Gasteiger partial charge in [-0.15, -0.1) is 0 Å². The Balaban J connectivity index is 0. The van der Waals surface area contributed by atoms with Crippen LogP contribution in [0.2, 0.25) is 0 Å². The Hall–Kier alpha value is -1.81. The molecule has 0 aromatic heterocycles. The molecular formula is C23H47N5O4S. The van der Waals surface area contributed by atoms with E-state index in [1.807, 2.05) is 0 Å². The highest BCUT2D eigenvalue weighted by atomic mass is 32.1. The summed E-state index contributed by atoms with van der Waals surface area (Å²) in [5.41, 5.74) is 5.46. The van der Waals surface area contributed by atoms with Gasteiger partial charge in [-0.1, -0.05) is 39.5 Å². The minimum absolute atomic E-state index is 0.0192. The van der Waals surface area contributed by atoms with Crippen molar-refractivity contribution in [2.45, 2.75) is 84.1 Å². The first-order valence-electron chi connectivity index (χ1n) is 12.2. The highest BCUT2D eigenvalue weighted by Crippen LogP contribution is 2.07. The molecule has 0 aromatic carbocycles. The molecule has 1 aliphatic heterocycles. The molecular weight excluding hydrogens is 442 g/mol. The molecule has 1 fully saturated rings. The van der Waals surface area contributed by atoms with E-state index >= 15 is 0 Å². The number of amides is 4. The normalized spacial score (nSPS) is 12.9. The zero-order valence-corrected chi connectivity index (χ0v) is 21.8. The zero-order valence-electron chi connectivity index (χ0n) is 20.9. The van der Waals surface area contributed by atoms with E-state index < -0.39 is 6.04 Å². The number of nitrogens with zero attached hydrogens (tertiary/aromatic N) is 1. The van der Waals surface area contributed by atoms with Crippen LogP contribution in [0.4, 0.5) is 0 Å². The van der Waals surface area contributed by atoms with Gasteiger partial charge in [0.25, 0.3) is 0 Å². The Kier molecular flexibility index (Phi) is 25.1. The van der Waals surface area contributed by atoms with Gasteiger partial charge in [0.15, 0.2) is 0 Å². The first-order chi connectivity index (χ1) is 15.9. The second kappa shape index (κ2) is 24.8. The van der Waals surface area contributed by atoms with E-state index in [0.29, 0.717) is 25.1 Å². The second-order valence-electron chi connectivity index (χ2n) is 7.80. The summed E-state index contributed by atoms with van der Waals surface area (Å²) < 4.78 is 0. The van der Waals surface area contributed by atoms with Crippen molar-refractivity contribution < 1.29 is 19.2 Å².